The van der Waals surface area contributed by atoms with Crippen molar-refractivity contribution in [3.05, 3.63) is 28.7 Å². The molecule has 0 aliphatic heterocycles. The molecule has 16 heavy (non-hydrogen) atoms. The van der Waals surface area contributed by atoms with Crippen molar-refractivity contribution >= 4 is 22.7 Å². The number of imidazole rings is 1. The van der Waals surface area contributed by atoms with E-state index in [1.807, 2.05) is 0 Å². The molecule has 2 rings (SSSR count). The van der Waals surface area contributed by atoms with Gasteiger partial charge in [0.05, 0.1) is 18.1 Å². The van der Waals surface area contributed by atoms with E-state index in [0.29, 0.717) is 5.52 Å². The van der Waals surface area contributed by atoms with Crippen LogP contribution in [0.15, 0.2) is 23.0 Å². The molecule has 0 fully saturated rings. The number of methoxy groups -OCH3 is 1. The number of anilines is 1. The van der Waals surface area contributed by atoms with Crippen LogP contribution in [0.4, 0.5) is 5.69 Å². The molecule has 1 aromatic carbocycles. The third kappa shape index (κ3) is 2.05. The molecular formula is C10H11N3O3. The molecule has 0 saturated heterocycles. The van der Waals surface area contributed by atoms with Crippen LogP contribution in [0.1, 0.15) is 0 Å². The standard InChI is InChI=1S/C10H11N3O3/c1-16-9(14)5-11-6-2-3-7-8(4-6)13-10(15)12-7/h2-4,11H,5H2,1H3,(H2,12,13,15). The van der Waals surface area contributed by atoms with Gasteiger partial charge in [-0.1, -0.05) is 0 Å². The third-order valence-corrected chi connectivity index (χ3v) is 2.18. The second-order valence-corrected chi connectivity index (χ2v) is 3.27. The van der Waals surface area contributed by atoms with Gasteiger partial charge in [0.25, 0.3) is 0 Å². The fraction of sp³-hybridized carbons (Fsp3) is 0.200. The maximum Gasteiger partial charge on any atom is 0.325 e. The van der Waals surface area contributed by atoms with E-state index in [1.54, 1.807) is 18.2 Å². The number of aromatic amines is 2. The Bertz CT molecular complexity index is 570. The number of carbonyl (C=O) groups excluding carboxylic acids is 1. The molecule has 6 heteroatoms. The summed E-state index contributed by atoms with van der Waals surface area (Å²) in [5, 5.41) is 2.89. The minimum Gasteiger partial charge on any atom is -0.468 e. The summed E-state index contributed by atoms with van der Waals surface area (Å²) in [6, 6.07) is 5.28. The van der Waals surface area contributed by atoms with Gasteiger partial charge in [-0.3, -0.25) is 4.79 Å². The highest BCUT2D eigenvalue weighted by Gasteiger charge is 2.02. The Balaban J connectivity index is 2.19. The van der Waals surface area contributed by atoms with E-state index in [2.05, 4.69) is 20.0 Å². The van der Waals surface area contributed by atoms with E-state index in [9.17, 15) is 9.59 Å². The molecule has 0 saturated carbocycles. The third-order valence-electron chi connectivity index (χ3n) is 2.18. The largest absolute Gasteiger partial charge is 0.468 e. The maximum absolute atomic E-state index is 11.0. The summed E-state index contributed by atoms with van der Waals surface area (Å²) in [6.45, 7) is 0.0939. The minimum absolute atomic E-state index is 0.0939. The van der Waals surface area contributed by atoms with E-state index < -0.39 is 0 Å². The average molecular weight is 221 g/mol. The highest BCUT2D eigenvalue weighted by molar-refractivity contribution is 5.80. The number of fused-ring (bicyclic) bond motifs is 1. The van der Waals surface area contributed by atoms with Crippen molar-refractivity contribution in [1.82, 2.24) is 9.97 Å². The van der Waals surface area contributed by atoms with Gasteiger partial charge in [-0.05, 0) is 18.2 Å². The first kappa shape index (κ1) is 10.3. The van der Waals surface area contributed by atoms with Crippen molar-refractivity contribution in [1.29, 1.82) is 0 Å². The summed E-state index contributed by atoms with van der Waals surface area (Å²) in [4.78, 5) is 27.2. The summed E-state index contributed by atoms with van der Waals surface area (Å²) in [6.07, 6.45) is 0. The molecule has 0 aliphatic rings. The fourth-order valence-electron chi connectivity index (χ4n) is 1.39. The Morgan fingerprint density at radius 3 is 2.88 bits per heavy atom. The van der Waals surface area contributed by atoms with E-state index in [0.717, 1.165) is 11.2 Å². The lowest BCUT2D eigenvalue weighted by Gasteiger charge is -2.04. The first-order valence-corrected chi connectivity index (χ1v) is 4.72. The Kier molecular flexibility index (Phi) is 2.63. The van der Waals surface area contributed by atoms with Crippen LogP contribution in [0.3, 0.4) is 0 Å². The second-order valence-electron chi connectivity index (χ2n) is 3.27. The topological polar surface area (TPSA) is 87.0 Å². The Morgan fingerprint density at radius 1 is 1.38 bits per heavy atom. The molecule has 0 unspecified atom stereocenters. The highest BCUT2D eigenvalue weighted by atomic mass is 16.5. The number of H-pyrrole nitrogens is 2. The minimum atomic E-state index is -0.345. The Morgan fingerprint density at radius 2 is 2.12 bits per heavy atom. The molecule has 0 spiro atoms. The van der Waals surface area contributed by atoms with Crippen molar-refractivity contribution in [3.63, 3.8) is 0 Å². The van der Waals surface area contributed by atoms with E-state index in [4.69, 9.17) is 0 Å². The van der Waals surface area contributed by atoms with Gasteiger partial charge in [-0.2, -0.15) is 0 Å². The lowest BCUT2D eigenvalue weighted by molar-refractivity contribution is -0.138. The molecule has 1 aromatic heterocycles. The number of hydrogen-bond donors (Lipinski definition) is 3. The van der Waals surface area contributed by atoms with E-state index in [1.165, 1.54) is 7.11 Å². The quantitative estimate of drug-likeness (QED) is 0.656. The molecule has 1 heterocycles. The number of carbonyl (C=O) groups is 1. The monoisotopic (exact) mass is 221 g/mol. The van der Waals surface area contributed by atoms with Crippen molar-refractivity contribution in [3.8, 4) is 0 Å². The maximum atomic E-state index is 11.0. The molecule has 3 N–H and O–H groups in total. The predicted octanol–water partition coefficient (Wildman–Crippen LogP) is 0.441. The summed E-state index contributed by atoms with van der Waals surface area (Å²) in [7, 11) is 1.33. The predicted molar refractivity (Wildman–Crippen MR) is 59.4 cm³/mol. The molecular weight excluding hydrogens is 210 g/mol. The average Bonchev–Trinajstić information content (AvgIpc) is 2.65. The fourth-order valence-corrected chi connectivity index (χ4v) is 1.39. The summed E-state index contributed by atoms with van der Waals surface area (Å²) < 4.78 is 4.50. The zero-order chi connectivity index (χ0) is 11.5. The number of esters is 1. The molecule has 84 valence electrons. The van der Waals surface area contributed by atoms with E-state index >= 15 is 0 Å². The van der Waals surface area contributed by atoms with Gasteiger partial charge in [0.2, 0.25) is 0 Å². The molecule has 0 amide bonds. The Hall–Kier alpha value is -2.24. The number of ether oxygens (including phenoxy) is 1. The Labute approximate surface area is 90.6 Å². The van der Waals surface area contributed by atoms with E-state index in [-0.39, 0.29) is 18.2 Å². The van der Waals surface area contributed by atoms with Gasteiger partial charge < -0.3 is 20.0 Å². The number of rotatable bonds is 3. The van der Waals surface area contributed by atoms with Crippen molar-refractivity contribution in [2.45, 2.75) is 0 Å². The SMILES string of the molecule is COC(=O)CNc1ccc2[nH]c(=O)[nH]c2c1. The first-order chi connectivity index (χ1) is 7.69. The molecule has 6 nitrogen and oxygen atoms in total. The molecule has 0 atom stereocenters. The van der Waals surface area contributed by atoms with Gasteiger partial charge in [-0.15, -0.1) is 0 Å². The van der Waals surface area contributed by atoms with Crippen molar-refractivity contribution in [2.75, 3.05) is 19.0 Å². The van der Waals surface area contributed by atoms with Gasteiger partial charge in [-0.25, -0.2) is 4.79 Å². The smallest absolute Gasteiger partial charge is 0.325 e. The summed E-state index contributed by atoms with van der Waals surface area (Å²) in [5.74, 6) is -0.345. The zero-order valence-corrected chi connectivity index (χ0v) is 8.66. The van der Waals surface area contributed by atoms with Crippen molar-refractivity contribution in [2.24, 2.45) is 0 Å². The van der Waals surface area contributed by atoms with Gasteiger partial charge in [0.1, 0.15) is 6.54 Å². The molecule has 0 radical (unpaired) electrons. The summed E-state index contributed by atoms with van der Waals surface area (Å²) in [5.41, 5.74) is 1.92. The van der Waals surface area contributed by atoms with Crippen LogP contribution >= 0.6 is 0 Å². The molecule has 0 aliphatic carbocycles. The normalized spacial score (nSPS) is 10.3. The van der Waals surface area contributed by atoms with Crippen LogP contribution in [0.5, 0.6) is 0 Å². The van der Waals surface area contributed by atoms with Crippen LogP contribution in [0.2, 0.25) is 0 Å². The zero-order valence-electron chi connectivity index (χ0n) is 8.66. The van der Waals surface area contributed by atoms with Gasteiger partial charge in [0.15, 0.2) is 0 Å². The highest BCUT2D eigenvalue weighted by Crippen LogP contribution is 2.13. The number of aromatic nitrogens is 2. The number of nitrogens with one attached hydrogen (secondary N) is 3. The lowest BCUT2D eigenvalue weighted by Crippen LogP contribution is -2.14. The van der Waals surface area contributed by atoms with Crippen LogP contribution in [0.25, 0.3) is 11.0 Å². The number of hydrogen-bond acceptors (Lipinski definition) is 4. The summed E-state index contributed by atoms with van der Waals surface area (Å²) >= 11 is 0. The second kappa shape index (κ2) is 4.09. The van der Waals surface area contributed by atoms with Crippen LogP contribution < -0.4 is 11.0 Å². The van der Waals surface area contributed by atoms with Crippen LogP contribution in [-0.2, 0) is 9.53 Å². The lowest BCUT2D eigenvalue weighted by atomic mass is 10.3. The van der Waals surface area contributed by atoms with Crippen molar-refractivity contribution < 1.29 is 9.53 Å². The van der Waals surface area contributed by atoms with Gasteiger partial charge >= 0.3 is 11.7 Å². The van der Waals surface area contributed by atoms with Crippen LogP contribution in [0, 0.1) is 0 Å². The van der Waals surface area contributed by atoms with Crippen LogP contribution in [-0.4, -0.2) is 29.6 Å². The molecule has 0 bridgehead atoms. The number of benzene rings is 1. The first-order valence-electron chi connectivity index (χ1n) is 4.72. The van der Waals surface area contributed by atoms with Gasteiger partial charge in [0, 0.05) is 5.69 Å². The molecule has 2 aromatic rings.